The molecule has 18 heavy (non-hydrogen) atoms. The first-order valence-corrected chi connectivity index (χ1v) is 6.06. The number of aromatic hydroxyl groups is 1. The fourth-order valence-corrected chi connectivity index (χ4v) is 2.00. The second-order valence-corrected chi connectivity index (χ2v) is 5.88. The number of ether oxygens (including phenoxy) is 1. The van der Waals surface area contributed by atoms with Gasteiger partial charge >= 0.3 is 0 Å². The summed E-state index contributed by atoms with van der Waals surface area (Å²) in [5.41, 5.74) is 1.07. The zero-order chi connectivity index (χ0) is 12.5. The molecule has 1 atom stereocenters. The van der Waals surface area contributed by atoms with Crippen LogP contribution in [0.3, 0.4) is 0 Å². The lowest BCUT2D eigenvalue weighted by atomic mass is 9.90. The molecule has 0 aromatic heterocycles. The topological polar surface area (TPSA) is 41.5 Å². The van der Waals surface area contributed by atoms with Crippen molar-refractivity contribution < 1.29 is 9.84 Å². The monoisotopic (exact) mass is 271 g/mol. The minimum atomic E-state index is -0.299. The van der Waals surface area contributed by atoms with Gasteiger partial charge in [0, 0.05) is 18.4 Å². The van der Waals surface area contributed by atoms with Gasteiger partial charge in [0.25, 0.3) is 0 Å². The van der Waals surface area contributed by atoms with E-state index < -0.39 is 0 Å². The van der Waals surface area contributed by atoms with Crippen molar-refractivity contribution in [2.75, 3.05) is 13.2 Å². The lowest BCUT2D eigenvalue weighted by Gasteiger charge is -2.42. The first-order valence-electron chi connectivity index (χ1n) is 6.06. The van der Waals surface area contributed by atoms with Gasteiger partial charge in [0.2, 0.25) is 0 Å². The molecule has 1 saturated heterocycles. The van der Waals surface area contributed by atoms with Gasteiger partial charge in [-0.3, -0.25) is 5.32 Å². The second kappa shape index (κ2) is 5.47. The molecule has 1 fully saturated rings. The number of nitrogens with one attached hydrogen (secondary N) is 1. The summed E-state index contributed by atoms with van der Waals surface area (Å²) < 4.78 is 5.94. The van der Waals surface area contributed by atoms with Gasteiger partial charge in [-0.1, -0.05) is 26.0 Å². The van der Waals surface area contributed by atoms with E-state index in [0.29, 0.717) is 5.75 Å². The summed E-state index contributed by atoms with van der Waals surface area (Å²) in [6.45, 7) is 8.20. The first-order chi connectivity index (χ1) is 7.89. The lowest BCUT2D eigenvalue weighted by molar-refractivity contribution is -0.125. The molecule has 0 amide bonds. The van der Waals surface area contributed by atoms with Crippen LogP contribution < -0.4 is 5.32 Å². The van der Waals surface area contributed by atoms with E-state index in [9.17, 15) is 5.11 Å². The van der Waals surface area contributed by atoms with Crippen molar-refractivity contribution in [2.45, 2.75) is 32.9 Å². The molecule has 1 aromatic carbocycles. The molecule has 3 nitrogen and oxygen atoms in total. The molecule has 2 rings (SSSR count). The lowest BCUT2D eigenvalue weighted by Crippen LogP contribution is -2.56. The fraction of sp³-hybridized carbons (Fsp3) is 0.571. The third-order valence-electron chi connectivity index (χ3n) is 3.20. The van der Waals surface area contributed by atoms with Crippen LogP contribution in [0.1, 0.15) is 26.3 Å². The summed E-state index contributed by atoms with van der Waals surface area (Å²) in [5.74, 6) is 0.303. The van der Waals surface area contributed by atoms with Crippen molar-refractivity contribution in [1.82, 2.24) is 5.32 Å². The average molecular weight is 272 g/mol. The Bertz CT molecular complexity index is 379. The van der Waals surface area contributed by atoms with Crippen molar-refractivity contribution in [3.63, 3.8) is 0 Å². The van der Waals surface area contributed by atoms with Crippen LogP contribution in [0.4, 0.5) is 0 Å². The summed E-state index contributed by atoms with van der Waals surface area (Å²) >= 11 is 0. The van der Waals surface area contributed by atoms with Gasteiger partial charge in [0.1, 0.15) is 11.5 Å². The van der Waals surface area contributed by atoms with Crippen molar-refractivity contribution in [2.24, 2.45) is 5.41 Å². The maximum Gasteiger partial charge on any atom is 0.120 e. The Hall–Kier alpha value is -0.770. The van der Waals surface area contributed by atoms with Crippen molar-refractivity contribution in [3.05, 3.63) is 29.8 Å². The fourth-order valence-electron chi connectivity index (χ4n) is 2.00. The molecule has 0 radical (unpaired) electrons. The molecule has 0 spiro atoms. The van der Waals surface area contributed by atoms with Gasteiger partial charge in [0.15, 0.2) is 0 Å². The number of benzene rings is 1. The smallest absolute Gasteiger partial charge is 0.120 e. The van der Waals surface area contributed by atoms with Crippen LogP contribution in [-0.4, -0.2) is 24.0 Å². The van der Waals surface area contributed by atoms with E-state index in [4.69, 9.17) is 4.74 Å². The van der Waals surface area contributed by atoms with E-state index >= 15 is 0 Å². The zero-order valence-corrected chi connectivity index (χ0v) is 12.0. The molecule has 4 heteroatoms. The maximum absolute atomic E-state index is 9.25. The molecule has 2 N–H and O–H groups in total. The van der Waals surface area contributed by atoms with E-state index in [-0.39, 0.29) is 23.5 Å². The predicted octanol–water partition coefficient (Wildman–Crippen LogP) is 2.72. The van der Waals surface area contributed by atoms with Crippen molar-refractivity contribution in [3.8, 4) is 5.75 Å². The van der Waals surface area contributed by atoms with Gasteiger partial charge < -0.3 is 9.84 Å². The predicted molar refractivity (Wildman–Crippen MR) is 75.2 cm³/mol. The van der Waals surface area contributed by atoms with Crippen molar-refractivity contribution >= 4 is 12.4 Å². The highest BCUT2D eigenvalue weighted by Gasteiger charge is 2.35. The van der Waals surface area contributed by atoms with Crippen LogP contribution in [0.15, 0.2) is 24.3 Å². The maximum atomic E-state index is 9.25. The molecule has 0 aliphatic carbocycles. The summed E-state index contributed by atoms with van der Waals surface area (Å²) in [6, 6.07) is 7.30. The van der Waals surface area contributed by atoms with Gasteiger partial charge in [-0.25, -0.2) is 0 Å². The highest BCUT2D eigenvalue weighted by atomic mass is 35.5. The summed E-state index contributed by atoms with van der Waals surface area (Å²) in [6.07, 6.45) is 0.809. The Morgan fingerprint density at radius 2 is 1.83 bits per heavy atom. The minimum Gasteiger partial charge on any atom is -0.508 e. The molecule has 1 aliphatic rings. The first kappa shape index (κ1) is 15.3. The minimum absolute atomic E-state index is 0. The number of phenols is 1. The Balaban J connectivity index is 0.00000162. The zero-order valence-electron chi connectivity index (χ0n) is 11.2. The molecule has 0 bridgehead atoms. The van der Waals surface area contributed by atoms with Crippen LogP contribution >= 0.6 is 12.4 Å². The van der Waals surface area contributed by atoms with Crippen LogP contribution in [0.2, 0.25) is 0 Å². The highest BCUT2D eigenvalue weighted by Crippen LogP contribution is 2.27. The Labute approximate surface area is 115 Å². The third-order valence-corrected chi connectivity index (χ3v) is 3.20. The van der Waals surface area contributed by atoms with Gasteiger partial charge in [0.05, 0.1) is 6.61 Å². The SMILES string of the molecule is CC1(C)CNC(C)(Cc2ccc(O)cc2)OC1.Cl. The standard InChI is InChI=1S/C14H21NO2.ClH/c1-13(2)9-15-14(3,17-10-13)8-11-4-6-12(16)7-5-11;/h4-7,15-16H,8-10H2,1-3H3;1H. The largest absolute Gasteiger partial charge is 0.508 e. The molecule has 0 saturated carbocycles. The van der Waals surface area contributed by atoms with Crippen molar-refractivity contribution in [1.29, 1.82) is 0 Å². The number of hydrogen-bond acceptors (Lipinski definition) is 3. The van der Waals surface area contributed by atoms with Crippen LogP contribution in [0, 0.1) is 5.41 Å². The van der Waals surface area contributed by atoms with E-state index in [1.165, 1.54) is 0 Å². The second-order valence-electron chi connectivity index (χ2n) is 5.88. The molecular formula is C14H22ClNO2. The molecule has 1 unspecified atom stereocenters. The normalized spacial score (nSPS) is 26.4. The Kier molecular flexibility index (Phi) is 4.65. The van der Waals surface area contributed by atoms with Crippen LogP contribution in [-0.2, 0) is 11.2 Å². The number of halogens is 1. The molecule has 1 heterocycles. The Morgan fingerprint density at radius 1 is 1.22 bits per heavy atom. The molecular weight excluding hydrogens is 250 g/mol. The number of hydrogen-bond donors (Lipinski definition) is 2. The highest BCUT2D eigenvalue weighted by molar-refractivity contribution is 5.85. The average Bonchev–Trinajstić information content (AvgIpc) is 2.27. The third kappa shape index (κ3) is 3.87. The molecule has 102 valence electrons. The van der Waals surface area contributed by atoms with Gasteiger partial charge in [-0.15, -0.1) is 12.4 Å². The summed E-state index contributed by atoms with van der Waals surface area (Å²) in [7, 11) is 0. The van der Waals surface area contributed by atoms with E-state index in [2.05, 4.69) is 26.1 Å². The quantitative estimate of drug-likeness (QED) is 0.869. The Morgan fingerprint density at radius 3 is 2.33 bits per heavy atom. The summed E-state index contributed by atoms with van der Waals surface area (Å²) in [4.78, 5) is 0. The molecule has 1 aromatic rings. The van der Waals surface area contributed by atoms with Crippen LogP contribution in [0.5, 0.6) is 5.75 Å². The summed E-state index contributed by atoms with van der Waals surface area (Å²) in [5, 5.41) is 12.7. The van der Waals surface area contributed by atoms with E-state index in [1.807, 2.05) is 12.1 Å². The number of phenolic OH excluding ortho intramolecular Hbond substituents is 1. The van der Waals surface area contributed by atoms with E-state index in [0.717, 1.165) is 25.1 Å². The van der Waals surface area contributed by atoms with Gasteiger partial charge in [-0.05, 0) is 24.6 Å². The van der Waals surface area contributed by atoms with Crippen LogP contribution in [0.25, 0.3) is 0 Å². The van der Waals surface area contributed by atoms with E-state index in [1.54, 1.807) is 12.1 Å². The molecule has 1 aliphatic heterocycles. The van der Waals surface area contributed by atoms with Gasteiger partial charge in [-0.2, -0.15) is 0 Å². The number of rotatable bonds is 2.